The number of hydroxylamine groups is 2. The van der Waals surface area contributed by atoms with Gasteiger partial charge in [0.25, 0.3) is 0 Å². The smallest absolute Gasteiger partial charge is 0.0915 e. The summed E-state index contributed by atoms with van der Waals surface area (Å²) in [4.78, 5) is 0. The molecule has 0 saturated heterocycles. The number of hydrogen-bond acceptors (Lipinski definition) is 1. The minimum absolute atomic E-state index is 0.0881. The Hall–Kier alpha value is -0.0800. The van der Waals surface area contributed by atoms with Crippen molar-refractivity contribution < 1.29 is 5.06 Å². The van der Waals surface area contributed by atoms with Gasteiger partial charge in [0.15, 0.2) is 0 Å². The Kier molecular flexibility index (Phi) is 4.69. The van der Waals surface area contributed by atoms with Gasteiger partial charge in [-0.15, -0.1) is 0 Å². The van der Waals surface area contributed by atoms with E-state index in [0.29, 0.717) is 5.06 Å². The summed E-state index contributed by atoms with van der Waals surface area (Å²) < 4.78 is 0. The molecule has 0 aromatic heterocycles. The Labute approximate surface area is 70.2 Å². The zero-order valence-corrected chi connectivity index (χ0v) is 8.24. The van der Waals surface area contributed by atoms with E-state index in [0.717, 1.165) is 6.42 Å². The zero-order chi connectivity index (χ0) is 8.91. The second-order valence-electron chi connectivity index (χ2n) is 3.90. The lowest BCUT2D eigenvalue weighted by Crippen LogP contribution is -3.12. The molecule has 0 heterocycles. The highest BCUT2D eigenvalue weighted by Gasteiger charge is 2.20. The third-order valence-electron chi connectivity index (χ3n) is 2.36. The molecule has 0 fully saturated rings. The van der Waals surface area contributed by atoms with Crippen LogP contribution in [0.5, 0.6) is 0 Å². The van der Waals surface area contributed by atoms with Gasteiger partial charge in [0.05, 0.1) is 12.6 Å². The van der Waals surface area contributed by atoms with Crippen molar-refractivity contribution in [3.63, 3.8) is 0 Å². The Morgan fingerprint density at radius 1 is 1.27 bits per heavy atom. The van der Waals surface area contributed by atoms with E-state index in [-0.39, 0.29) is 5.54 Å². The second kappa shape index (κ2) is 4.73. The summed E-state index contributed by atoms with van der Waals surface area (Å²) in [5.41, 5.74) is -0.0881. The van der Waals surface area contributed by atoms with Crippen LogP contribution in [0.2, 0.25) is 0 Å². The van der Waals surface area contributed by atoms with E-state index in [9.17, 15) is 5.21 Å². The van der Waals surface area contributed by atoms with Gasteiger partial charge in [-0.2, -0.15) is 0 Å². The average Bonchev–Trinajstić information content (AvgIpc) is 1.88. The highest BCUT2D eigenvalue weighted by molar-refractivity contribution is 4.65. The first-order valence-corrected chi connectivity index (χ1v) is 4.51. The predicted molar refractivity (Wildman–Crippen MR) is 48.5 cm³/mol. The Bertz CT molecular complexity index is 99.7. The van der Waals surface area contributed by atoms with E-state index >= 15 is 0 Å². The molecular weight excluding hydrogens is 138 g/mol. The molecule has 0 amide bonds. The Morgan fingerprint density at radius 2 is 1.82 bits per heavy atom. The van der Waals surface area contributed by atoms with E-state index in [4.69, 9.17) is 0 Å². The van der Waals surface area contributed by atoms with Crippen LogP contribution in [0.1, 0.15) is 46.5 Å². The van der Waals surface area contributed by atoms with E-state index in [1.165, 1.54) is 19.3 Å². The predicted octanol–water partition coefficient (Wildman–Crippen LogP) is 1.36. The standard InChI is InChI=1S/C9H21NO/c1-5-6-7-8-9(2,3)10(4)11/h10H,5-8H2,1-4H3. The van der Waals surface area contributed by atoms with Gasteiger partial charge >= 0.3 is 0 Å². The van der Waals surface area contributed by atoms with Crippen LogP contribution in [0.3, 0.4) is 0 Å². The van der Waals surface area contributed by atoms with Crippen molar-refractivity contribution in [1.29, 1.82) is 0 Å². The molecule has 0 aliphatic heterocycles. The molecule has 0 aliphatic rings. The topological polar surface area (TPSA) is 27.5 Å². The minimum atomic E-state index is -0.0881. The van der Waals surface area contributed by atoms with Crippen LogP contribution in [-0.2, 0) is 0 Å². The molecule has 0 aromatic rings. The lowest BCUT2D eigenvalue weighted by molar-refractivity contribution is -0.881. The molecule has 0 aliphatic carbocycles. The first kappa shape index (κ1) is 10.9. The molecule has 2 nitrogen and oxygen atoms in total. The normalized spacial score (nSPS) is 15.0. The Balaban J connectivity index is 3.55. The zero-order valence-electron chi connectivity index (χ0n) is 8.24. The lowest BCUT2D eigenvalue weighted by atomic mass is 9.97. The highest BCUT2D eigenvalue weighted by Crippen LogP contribution is 2.09. The second-order valence-corrected chi connectivity index (χ2v) is 3.90. The quantitative estimate of drug-likeness (QED) is 0.476. The summed E-state index contributed by atoms with van der Waals surface area (Å²) in [7, 11) is 1.69. The maximum absolute atomic E-state index is 11.1. The van der Waals surface area contributed by atoms with Gasteiger partial charge in [-0.3, -0.25) is 0 Å². The van der Waals surface area contributed by atoms with Gasteiger partial charge < -0.3 is 10.3 Å². The van der Waals surface area contributed by atoms with Gasteiger partial charge in [0.2, 0.25) is 0 Å². The van der Waals surface area contributed by atoms with Crippen molar-refractivity contribution in [1.82, 2.24) is 0 Å². The highest BCUT2D eigenvalue weighted by atomic mass is 16.5. The van der Waals surface area contributed by atoms with Crippen molar-refractivity contribution in [3.8, 4) is 0 Å². The molecule has 1 atom stereocenters. The lowest BCUT2D eigenvalue weighted by Gasteiger charge is -2.35. The number of nitrogens with one attached hydrogen (secondary N) is 1. The minimum Gasteiger partial charge on any atom is -0.634 e. The summed E-state index contributed by atoms with van der Waals surface area (Å²) >= 11 is 0. The number of rotatable bonds is 5. The van der Waals surface area contributed by atoms with Gasteiger partial charge in [0, 0.05) is 6.42 Å². The van der Waals surface area contributed by atoms with Crippen molar-refractivity contribution >= 4 is 0 Å². The van der Waals surface area contributed by atoms with E-state index < -0.39 is 0 Å². The van der Waals surface area contributed by atoms with E-state index in [1.54, 1.807) is 7.05 Å². The fourth-order valence-electron chi connectivity index (χ4n) is 0.993. The monoisotopic (exact) mass is 159 g/mol. The maximum Gasteiger partial charge on any atom is 0.0915 e. The van der Waals surface area contributed by atoms with E-state index in [2.05, 4.69) is 6.92 Å². The number of hydrogen-bond donors (Lipinski definition) is 1. The molecule has 1 N–H and O–H groups in total. The molecule has 0 radical (unpaired) electrons. The molecule has 0 bridgehead atoms. The van der Waals surface area contributed by atoms with Crippen molar-refractivity contribution in [2.75, 3.05) is 7.05 Å². The molecular formula is C9H21NO. The summed E-state index contributed by atoms with van der Waals surface area (Å²) in [6, 6.07) is 0. The van der Waals surface area contributed by atoms with Crippen LogP contribution in [0.4, 0.5) is 0 Å². The molecule has 11 heavy (non-hydrogen) atoms. The van der Waals surface area contributed by atoms with Crippen LogP contribution in [0, 0.1) is 5.21 Å². The van der Waals surface area contributed by atoms with Crippen LogP contribution in [0.25, 0.3) is 0 Å². The maximum atomic E-state index is 11.1. The number of quaternary nitrogens is 1. The van der Waals surface area contributed by atoms with E-state index in [1.807, 2.05) is 13.8 Å². The summed E-state index contributed by atoms with van der Waals surface area (Å²) in [5, 5.41) is 11.4. The van der Waals surface area contributed by atoms with Crippen LogP contribution >= 0.6 is 0 Å². The molecule has 2 heteroatoms. The van der Waals surface area contributed by atoms with Gasteiger partial charge in [0.1, 0.15) is 0 Å². The third kappa shape index (κ3) is 4.38. The largest absolute Gasteiger partial charge is 0.634 e. The SMILES string of the molecule is CCCCCC(C)(C)[NH+](C)[O-]. The summed E-state index contributed by atoms with van der Waals surface area (Å²) in [5.74, 6) is 0. The number of unbranched alkanes of at least 4 members (excludes halogenated alkanes) is 2. The van der Waals surface area contributed by atoms with Crippen molar-refractivity contribution in [2.45, 2.75) is 52.0 Å². The van der Waals surface area contributed by atoms with Crippen molar-refractivity contribution in [3.05, 3.63) is 5.21 Å². The molecule has 0 aromatic carbocycles. The van der Waals surface area contributed by atoms with Crippen LogP contribution < -0.4 is 5.06 Å². The van der Waals surface area contributed by atoms with Gasteiger partial charge in [-0.05, 0) is 20.3 Å². The van der Waals surface area contributed by atoms with Crippen LogP contribution in [-0.4, -0.2) is 12.6 Å². The molecule has 68 valence electrons. The first-order chi connectivity index (χ1) is 5.00. The molecule has 0 spiro atoms. The third-order valence-corrected chi connectivity index (χ3v) is 2.36. The summed E-state index contributed by atoms with van der Waals surface area (Å²) in [6.07, 6.45) is 4.70. The van der Waals surface area contributed by atoms with Crippen LogP contribution in [0.15, 0.2) is 0 Å². The average molecular weight is 159 g/mol. The fourth-order valence-corrected chi connectivity index (χ4v) is 0.993. The first-order valence-electron chi connectivity index (χ1n) is 4.51. The van der Waals surface area contributed by atoms with Gasteiger partial charge in [-0.25, -0.2) is 0 Å². The van der Waals surface area contributed by atoms with Gasteiger partial charge in [-0.1, -0.05) is 19.8 Å². The molecule has 0 rings (SSSR count). The van der Waals surface area contributed by atoms with Crippen molar-refractivity contribution in [2.24, 2.45) is 0 Å². The Morgan fingerprint density at radius 3 is 2.18 bits per heavy atom. The molecule has 1 unspecified atom stereocenters. The summed E-state index contributed by atoms with van der Waals surface area (Å²) in [6.45, 7) is 6.25. The molecule has 0 saturated carbocycles. The fraction of sp³-hybridized carbons (Fsp3) is 1.00.